The largest absolute Gasteiger partial charge is 0.473 e. The van der Waals surface area contributed by atoms with E-state index in [2.05, 4.69) is 27.7 Å². The molecule has 0 bridgehead atoms. The van der Waals surface area contributed by atoms with E-state index in [1.807, 2.05) is 24.4 Å². The van der Waals surface area contributed by atoms with Crippen LogP contribution >= 0.6 is 0 Å². The summed E-state index contributed by atoms with van der Waals surface area (Å²) in [7, 11) is -1.72. The number of hydrogen-bond acceptors (Lipinski definition) is 7. The first-order chi connectivity index (χ1) is 15.8. The van der Waals surface area contributed by atoms with E-state index < -0.39 is 33.9 Å². The second-order valence-corrected chi connectivity index (χ2v) is 8.48. The molecule has 0 unspecified atom stereocenters. The van der Waals surface area contributed by atoms with Crippen LogP contribution in [0.15, 0.2) is 37.1 Å². The van der Waals surface area contributed by atoms with Crippen LogP contribution in [0.2, 0.25) is 0 Å². The van der Waals surface area contributed by atoms with Crippen molar-refractivity contribution in [3.05, 3.63) is 48.2 Å². The van der Waals surface area contributed by atoms with Crippen molar-refractivity contribution < 1.29 is 48.0 Å². The second-order valence-electron chi connectivity index (χ2n) is 6.43. The van der Waals surface area contributed by atoms with Gasteiger partial charge in [0.15, 0.2) is 0 Å². The van der Waals surface area contributed by atoms with Gasteiger partial charge in [-0.25, -0.2) is 32.3 Å². The Balaban J connectivity index is 0.000000750. The lowest BCUT2D eigenvalue weighted by atomic mass is 10.1. The molecule has 0 aliphatic rings. The van der Waals surface area contributed by atoms with E-state index in [4.69, 9.17) is 39.6 Å². The number of aryl methyl sites for hydroxylation is 1. The van der Waals surface area contributed by atoms with Crippen molar-refractivity contribution in [2.45, 2.75) is 12.8 Å². The zero-order chi connectivity index (χ0) is 26.3. The lowest BCUT2D eigenvalue weighted by Gasteiger charge is -2.05. The number of aromatic nitrogens is 1. The molecule has 7 N–H and O–H groups in total. The smallest absolute Gasteiger partial charge is 0.414 e. The summed E-state index contributed by atoms with van der Waals surface area (Å²) in [6.07, 6.45) is 5.30. The first-order valence-electron chi connectivity index (χ1n) is 9.58. The van der Waals surface area contributed by atoms with Gasteiger partial charge in [-0.2, -0.15) is 0 Å². The molecule has 0 amide bonds. The van der Waals surface area contributed by atoms with Gasteiger partial charge in [-0.15, -0.1) is 6.58 Å². The molecule has 0 saturated carbocycles. The molecule has 13 nitrogen and oxygen atoms in total. The summed E-state index contributed by atoms with van der Waals surface area (Å²) < 4.78 is 25.4. The molecule has 0 radical (unpaired) electrons. The van der Waals surface area contributed by atoms with Crippen molar-refractivity contribution in [2.75, 3.05) is 25.9 Å². The lowest BCUT2D eigenvalue weighted by molar-refractivity contribution is -0.159. The van der Waals surface area contributed by atoms with Crippen LogP contribution in [0.25, 0.3) is 10.9 Å². The summed E-state index contributed by atoms with van der Waals surface area (Å²) in [4.78, 5) is 39.7. The Hall–Kier alpha value is -3.75. The van der Waals surface area contributed by atoms with Crippen molar-refractivity contribution in [1.82, 2.24) is 15.0 Å². The summed E-state index contributed by atoms with van der Waals surface area (Å²) in [6.45, 7) is 5.37. The number of aliphatic carboxylic acids is 4. The van der Waals surface area contributed by atoms with E-state index in [0.717, 1.165) is 30.6 Å². The highest BCUT2D eigenvalue weighted by atomic mass is 32.2. The third kappa shape index (κ3) is 12.3. The molecule has 1 aromatic heterocycles. The monoisotopic (exact) mass is 501 g/mol. The summed E-state index contributed by atoms with van der Waals surface area (Å²) in [5.74, 6) is -7.19. The number of benzene rings is 1. The summed E-state index contributed by atoms with van der Waals surface area (Å²) in [5.41, 5.74) is 3.36. The number of H-pyrrole nitrogens is 1. The number of nitrogens with one attached hydrogen (secondary N) is 3. The van der Waals surface area contributed by atoms with E-state index in [9.17, 15) is 8.42 Å². The first-order valence-corrected chi connectivity index (χ1v) is 11.2. The molecule has 2 rings (SSSR count). The van der Waals surface area contributed by atoms with Crippen molar-refractivity contribution in [2.24, 2.45) is 0 Å². The SMILES string of the molecule is C=CCNCCc1c[nH]c2ccc(CCS(=O)(=O)NC)cc12.O=C(O)C(=O)O.O=C(O)C(=O)O. The molecule has 2 aromatic rings. The normalized spacial score (nSPS) is 10.3. The van der Waals surface area contributed by atoms with Crippen molar-refractivity contribution in [3.63, 3.8) is 0 Å². The van der Waals surface area contributed by atoms with Gasteiger partial charge < -0.3 is 30.7 Å². The predicted molar refractivity (Wildman–Crippen MR) is 122 cm³/mol. The number of aromatic amines is 1. The van der Waals surface area contributed by atoms with Gasteiger partial charge in [0.05, 0.1) is 5.75 Å². The van der Waals surface area contributed by atoms with Crippen LogP contribution in [0.1, 0.15) is 11.1 Å². The van der Waals surface area contributed by atoms with Crippen LogP contribution in [-0.4, -0.2) is 83.6 Å². The molecule has 0 atom stereocenters. The zero-order valence-corrected chi connectivity index (χ0v) is 19.1. The van der Waals surface area contributed by atoms with Gasteiger partial charge in [0, 0.05) is 23.6 Å². The molecular weight excluding hydrogens is 474 g/mol. The zero-order valence-electron chi connectivity index (χ0n) is 18.3. The van der Waals surface area contributed by atoms with Crippen LogP contribution in [0.4, 0.5) is 0 Å². The van der Waals surface area contributed by atoms with E-state index in [-0.39, 0.29) is 5.75 Å². The highest BCUT2D eigenvalue weighted by Crippen LogP contribution is 2.20. The number of carbonyl (C=O) groups is 4. The maximum atomic E-state index is 11.5. The van der Waals surface area contributed by atoms with Crippen LogP contribution in [0.3, 0.4) is 0 Å². The highest BCUT2D eigenvalue weighted by molar-refractivity contribution is 7.89. The molecule has 14 heteroatoms. The maximum Gasteiger partial charge on any atom is 0.414 e. The van der Waals surface area contributed by atoms with Gasteiger partial charge in [-0.3, -0.25) is 0 Å². The molecule has 1 aromatic carbocycles. The molecule has 0 aliphatic heterocycles. The van der Waals surface area contributed by atoms with Crippen molar-refractivity contribution in [3.8, 4) is 0 Å². The number of hydrogen-bond donors (Lipinski definition) is 7. The fraction of sp³-hybridized carbons (Fsp3) is 0.300. The molecule has 0 aliphatic carbocycles. The molecule has 0 fully saturated rings. The Morgan fingerprint density at radius 1 is 1.00 bits per heavy atom. The van der Waals surface area contributed by atoms with Crippen LogP contribution in [0.5, 0.6) is 0 Å². The van der Waals surface area contributed by atoms with Gasteiger partial charge in [-0.05, 0) is 49.7 Å². The quantitative estimate of drug-likeness (QED) is 0.136. The van der Waals surface area contributed by atoms with E-state index in [1.54, 1.807) is 0 Å². The topological polar surface area (TPSA) is 223 Å². The summed E-state index contributed by atoms with van der Waals surface area (Å²) >= 11 is 0. The lowest BCUT2D eigenvalue weighted by Crippen LogP contribution is -2.23. The van der Waals surface area contributed by atoms with E-state index in [1.165, 1.54) is 18.0 Å². The summed E-state index contributed by atoms with van der Waals surface area (Å²) in [6, 6.07) is 6.07. The minimum Gasteiger partial charge on any atom is -0.473 e. The fourth-order valence-electron chi connectivity index (χ4n) is 2.37. The Labute approximate surface area is 195 Å². The first kappa shape index (κ1) is 30.2. The third-order valence-electron chi connectivity index (χ3n) is 4.03. The van der Waals surface area contributed by atoms with Crippen LogP contribution < -0.4 is 10.0 Å². The van der Waals surface area contributed by atoms with Gasteiger partial charge in [0.25, 0.3) is 0 Å². The van der Waals surface area contributed by atoms with Crippen molar-refractivity contribution in [1.29, 1.82) is 0 Å². The van der Waals surface area contributed by atoms with Gasteiger partial charge in [0.2, 0.25) is 10.0 Å². The minimum absolute atomic E-state index is 0.107. The molecule has 0 spiro atoms. The molecule has 188 valence electrons. The molecule has 1 heterocycles. The Kier molecular flexibility index (Phi) is 13.5. The van der Waals surface area contributed by atoms with Gasteiger partial charge in [-0.1, -0.05) is 12.1 Å². The Morgan fingerprint density at radius 3 is 2.03 bits per heavy atom. The number of carboxylic acid groups (broad SMARTS) is 4. The fourth-order valence-corrected chi connectivity index (χ4v) is 3.08. The highest BCUT2D eigenvalue weighted by Gasteiger charge is 2.09. The number of carboxylic acids is 4. The van der Waals surface area contributed by atoms with Crippen LogP contribution in [0, 0.1) is 0 Å². The van der Waals surface area contributed by atoms with Crippen LogP contribution in [-0.2, 0) is 42.0 Å². The Bertz CT molecular complexity index is 1060. The molecule has 0 saturated heterocycles. The van der Waals surface area contributed by atoms with Gasteiger partial charge >= 0.3 is 23.9 Å². The predicted octanol–water partition coefficient (Wildman–Crippen LogP) is -0.111. The number of fused-ring (bicyclic) bond motifs is 1. The second kappa shape index (κ2) is 15.2. The van der Waals surface area contributed by atoms with Gasteiger partial charge in [0.1, 0.15) is 0 Å². The third-order valence-corrected chi connectivity index (χ3v) is 5.39. The maximum absolute atomic E-state index is 11.5. The molecule has 34 heavy (non-hydrogen) atoms. The minimum atomic E-state index is -3.17. The van der Waals surface area contributed by atoms with Crippen molar-refractivity contribution >= 4 is 44.8 Å². The number of sulfonamides is 1. The summed E-state index contributed by atoms with van der Waals surface area (Å²) in [5, 5.41) is 34.0. The average molecular weight is 502 g/mol. The standard InChI is InChI=1S/C16H23N3O2S.2C2H2O4/c1-3-8-18-9-6-14-12-19-16-5-4-13(11-15(14)16)7-10-22(20,21)17-2;2*3-1(4)2(5)6/h3-5,11-12,17-19H,1,6-10H2,2H3;2*(H,3,4)(H,5,6). The molecular formula is C20H27N3O10S. The van der Waals surface area contributed by atoms with E-state index in [0.29, 0.717) is 6.42 Å². The number of rotatable bonds is 9. The van der Waals surface area contributed by atoms with E-state index >= 15 is 0 Å². The Morgan fingerprint density at radius 2 is 1.56 bits per heavy atom. The average Bonchev–Trinajstić information content (AvgIpc) is 3.18.